The molecule has 17 heavy (non-hydrogen) atoms. The van der Waals surface area contributed by atoms with E-state index < -0.39 is 5.56 Å². The second-order valence-corrected chi connectivity index (χ2v) is 3.37. The minimum Gasteiger partial charge on any atom is -0.306 e. The molecule has 1 N–H and O–H groups in total. The van der Waals surface area contributed by atoms with Gasteiger partial charge in [-0.2, -0.15) is 5.26 Å². The van der Waals surface area contributed by atoms with Crippen molar-refractivity contribution >= 4 is 12.2 Å². The number of hydrogen-bond acceptors (Lipinski definition) is 3. The number of rotatable bonds is 2. The molecular formula is C13H9N3O. The summed E-state index contributed by atoms with van der Waals surface area (Å²) >= 11 is 0. The van der Waals surface area contributed by atoms with Crippen LogP contribution in [-0.4, -0.2) is 9.97 Å². The van der Waals surface area contributed by atoms with Crippen molar-refractivity contribution in [3.63, 3.8) is 0 Å². The molecule has 1 heterocycles. The number of nitriles is 1. The van der Waals surface area contributed by atoms with E-state index in [1.807, 2.05) is 36.4 Å². The Morgan fingerprint density at radius 1 is 1.24 bits per heavy atom. The van der Waals surface area contributed by atoms with E-state index in [0.29, 0.717) is 5.82 Å². The Kier molecular flexibility index (Phi) is 3.13. The van der Waals surface area contributed by atoms with Gasteiger partial charge in [-0.25, -0.2) is 4.98 Å². The van der Waals surface area contributed by atoms with E-state index in [4.69, 9.17) is 5.26 Å². The van der Waals surface area contributed by atoms with E-state index in [-0.39, 0.29) is 5.56 Å². The monoisotopic (exact) mass is 223 g/mol. The lowest BCUT2D eigenvalue weighted by molar-refractivity contribution is 1.07. The molecule has 0 saturated heterocycles. The Balaban J connectivity index is 2.26. The van der Waals surface area contributed by atoms with Crippen molar-refractivity contribution in [3.05, 3.63) is 63.8 Å². The Labute approximate surface area is 97.9 Å². The number of aromatic nitrogens is 2. The largest absolute Gasteiger partial charge is 0.306 e. The van der Waals surface area contributed by atoms with Crippen molar-refractivity contribution < 1.29 is 0 Å². The first-order valence-electron chi connectivity index (χ1n) is 5.02. The summed E-state index contributed by atoms with van der Waals surface area (Å²) in [5.41, 5.74) is 0.608. The summed E-state index contributed by atoms with van der Waals surface area (Å²) in [6.45, 7) is 0. The molecule has 4 heteroatoms. The molecule has 0 bridgehead atoms. The molecule has 0 atom stereocenters. The van der Waals surface area contributed by atoms with Crippen LogP contribution >= 0.6 is 0 Å². The van der Waals surface area contributed by atoms with Crippen LogP contribution in [0.2, 0.25) is 0 Å². The molecule has 0 aliphatic carbocycles. The Bertz CT molecular complexity index is 636. The van der Waals surface area contributed by atoms with Crippen LogP contribution in [0.1, 0.15) is 17.0 Å². The molecule has 0 amide bonds. The number of H-pyrrole nitrogens is 1. The van der Waals surface area contributed by atoms with Crippen LogP contribution in [0.15, 0.2) is 41.3 Å². The fourth-order valence-electron chi connectivity index (χ4n) is 1.31. The van der Waals surface area contributed by atoms with Crippen molar-refractivity contribution in [2.75, 3.05) is 0 Å². The molecule has 4 nitrogen and oxygen atoms in total. The summed E-state index contributed by atoms with van der Waals surface area (Å²) in [4.78, 5) is 17.8. The van der Waals surface area contributed by atoms with Crippen molar-refractivity contribution in [3.8, 4) is 6.07 Å². The highest BCUT2D eigenvalue weighted by Gasteiger charge is 1.98. The number of nitrogens with one attached hydrogen (secondary N) is 1. The third-order valence-electron chi connectivity index (χ3n) is 2.17. The Morgan fingerprint density at radius 2 is 2.00 bits per heavy atom. The molecule has 0 aliphatic rings. The molecular weight excluding hydrogens is 214 g/mol. The number of benzene rings is 1. The van der Waals surface area contributed by atoms with Crippen molar-refractivity contribution in [1.82, 2.24) is 9.97 Å². The fourth-order valence-corrected chi connectivity index (χ4v) is 1.31. The van der Waals surface area contributed by atoms with E-state index in [1.165, 1.54) is 6.20 Å². The third-order valence-corrected chi connectivity index (χ3v) is 2.17. The zero-order chi connectivity index (χ0) is 12.1. The van der Waals surface area contributed by atoms with Crippen LogP contribution in [-0.2, 0) is 0 Å². The van der Waals surface area contributed by atoms with E-state index in [1.54, 1.807) is 12.1 Å². The quantitative estimate of drug-likeness (QED) is 0.844. The van der Waals surface area contributed by atoms with Gasteiger partial charge in [-0.15, -0.1) is 0 Å². The van der Waals surface area contributed by atoms with Gasteiger partial charge < -0.3 is 4.98 Å². The van der Waals surface area contributed by atoms with Crippen LogP contribution in [0.3, 0.4) is 0 Å². The second kappa shape index (κ2) is 4.90. The highest BCUT2D eigenvalue weighted by atomic mass is 16.1. The number of aromatic amines is 1. The molecule has 82 valence electrons. The van der Waals surface area contributed by atoms with Gasteiger partial charge in [0.2, 0.25) is 0 Å². The van der Waals surface area contributed by atoms with Crippen LogP contribution in [0.25, 0.3) is 12.2 Å². The zero-order valence-electron chi connectivity index (χ0n) is 8.92. The topological polar surface area (TPSA) is 69.5 Å². The van der Waals surface area contributed by atoms with Crippen LogP contribution in [0.5, 0.6) is 0 Å². The van der Waals surface area contributed by atoms with Gasteiger partial charge in [0.05, 0.1) is 6.20 Å². The van der Waals surface area contributed by atoms with Gasteiger partial charge in [-0.05, 0) is 11.6 Å². The van der Waals surface area contributed by atoms with Crippen molar-refractivity contribution in [2.45, 2.75) is 0 Å². The van der Waals surface area contributed by atoms with Crippen LogP contribution in [0, 0.1) is 11.3 Å². The molecule has 2 aromatic rings. The standard InChI is InChI=1S/C13H9N3O/c14-8-11-9-15-12(16-13(11)17)7-6-10-4-2-1-3-5-10/h1-7,9H,(H,15,16,17). The van der Waals surface area contributed by atoms with Gasteiger partial charge in [-0.3, -0.25) is 4.79 Å². The Morgan fingerprint density at radius 3 is 2.65 bits per heavy atom. The first-order valence-corrected chi connectivity index (χ1v) is 5.02. The highest BCUT2D eigenvalue weighted by Crippen LogP contribution is 2.03. The molecule has 0 spiro atoms. The lowest BCUT2D eigenvalue weighted by atomic mass is 10.2. The third kappa shape index (κ3) is 2.67. The van der Waals surface area contributed by atoms with E-state index >= 15 is 0 Å². The summed E-state index contributed by atoms with van der Waals surface area (Å²) < 4.78 is 0. The van der Waals surface area contributed by atoms with Crippen molar-refractivity contribution in [2.24, 2.45) is 0 Å². The van der Waals surface area contributed by atoms with Crippen LogP contribution < -0.4 is 5.56 Å². The summed E-state index contributed by atoms with van der Waals surface area (Å²) in [5, 5.41) is 8.59. The fraction of sp³-hybridized carbons (Fsp3) is 0. The summed E-state index contributed by atoms with van der Waals surface area (Å²) in [6.07, 6.45) is 4.80. The first kappa shape index (κ1) is 10.8. The van der Waals surface area contributed by atoms with Crippen molar-refractivity contribution in [1.29, 1.82) is 5.26 Å². The predicted molar refractivity (Wildman–Crippen MR) is 64.9 cm³/mol. The maximum Gasteiger partial charge on any atom is 0.269 e. The minimum atomic E-state index is -0.421. The summed E-state index contributed by atoms with van der Waals surface area (Å²) in [7, 11) is 0. The van der Waals surface area contributed by atoms with Gasteiger partial charge in [0.1, 0.15) is 17.5 Å². The normalized spacial score (nSPS) is 10.3. The number of hydrogen-bond donors (Lipinski definition) is 1. The van der Waals surface area contributed by atoms with Gasteiger partial charge in [-0.1, -0.05) is 36.4 Å². The van der Waals surface area contributed by atoms with Gasteiger partial charge in [0.15, 0.2) is 0 Å². The minimum absolute atomic E-state index is 0.0156. The van der Waals surface area contributed by atoms with E-state index in [0.717, 1.165) is 5.56 Å². The zero-order valence-corrected chi connectivity index (χ0v) is 8.92. The number of nitrogens with zero attached hydrogens (tertiary/aromatic N) is 2. The van der Waals surface area contributed by atoms with E-state index in [2.05, 4.69) is 9.97 Å². The maximum atomic E-state index is 11.3. The molecule has 2 rings (SSSR count). The lowest BCUT2D eigenvalue weighted by Crippen LogP contribution is -2.12. The van der Waals surface area contributed by atoms with E-state index in [9.17, 15) is 4.79 Å². The average molecular weight is 223 g/mol. The molecule has 0 unspecified atom stereocenters. The predicted octanol–water partition coefficient (Wildman–Crippen LogP) is 1.81. The van der Waals surface area contributed by atoms with Crippen LogP contribution in [0.4, 0.5) is 0 Å². The lowest BCUT2D eigenvalue weighted by Gasteiger charge is -1.94. The molecule has 1 aromatic heterocycles. The summed E-state index contributed by atoms with van der Waals surface area (Å²) in [5.74, 6) is 0.429. The molecule has 0 aliphatic heterocycles. The first-order chi connectivity index (χ1) is 8.29. The average Bonchev–Trinajstić information content (AvgIpc) is 2.38. The molecule has 0 radical (unpaired) electrons. The smallest absolute Gasteiger partial charge is 0.269 e. The molecule has 0 fully saturated rings. The highest BCUT2D eigenvalue weighted by molar-refractivity contribution is 5.66. The molecule has 1 aromatic carbocycles. The van der Waals surface area contributed by atoms with Gasteiger partial charge in [0, 0.05) is 0 Å². The SMILES string of the molecule is N#Cc1cnc(C=Cc2ccccc2)[nH]c1=O. The summed E-state index contributed by atoms with van der Waals surface area (Å²) in [6, 6.07) is 11.4. The van der Waals surface area contributed by atoms with Gasteiger partial charge in [0.25, 0.3) is 5.56 Å². The van der Waals surface area contributed by atoms with Gasteiger partial charge >= 0.3 is 0 Å². The maximum absolute atomic E-state index is 11.3. The Hall–Kier alpha value is -2.67. The molecule has 0 saturated carbocycles. The second-order valence-electron chi connectivity index (χ2n) is 3.37.